The average Bonchev–Trinajstić information content (AvgIpc) is 2.31. The Labute approximate surface area is 99.1 Å². The first-order valence-electron chi connectivity index (χ1n) is 5.35. The van der Waals surface area contributed by atoms with Crippen molar-refractivity contribution in [1.29, 1.82) is 0 Å². The summed E-state index contributed by atoms with van der Waals surface area (Å²) in [4.78, 5) is 13.5. The first-order valence-corrected chi connectivity index (χ1v) is 5.35. The molecule has 1 atom stereocenters. The van der Waals surface area contributed by atoms with E-state index in [4.69, 9.17) is 10.8 Å². The van der Waals surface area contributed by atoms with Crippen LogP contribution in [0.25, 0.3) is 0 Å². The van der Waals surface area contributed by atoms with Gasteiger partial charge in [0.05, 0.1) is 31.1 Å². The minimum Gasteiger partial charge on any atom is -0.394 e. The maximum Gasteiger partial charge on any atom is 0.268 e. The van der Waals surface area contributed by atoms with Crippen molar-refractivity contribution in [3.63, 3.8) is 0 Å². The Kier molecular flexibility index (Phi) is 5.08. The van der Waals surface area contributed by atoms with Gasteiger partial charge in [-0.05, 0) is 0 Å². The number of likely N-dealkylation sites (N-methyl/N-ethyl adjacent to an activating group) is 1. The van der Waals surface area contributed by atoms with E-state index in [0.29, 0.717) is 18.8 Å². The van der Waals surface area contributed by atoms with Crippen LogP contribution in [0.4, 0.5) is 5.69 Å². The Bertz CT molecular complexity index is 407. The van der Waals surface area contributed by atoms with Gasteiger partial charge in [-0.15, -0.1) is 0 Å². The normalized spacial score (nSPS) is 12.5. The van der Waals surface area contributed by atoms with Gasteiger partial charge in [-0.2, -0.15) is 5.10 Å². The Morgan fingerprint density at radius 2 is 2.35 bits per heavy atom. The smallest absolute Gasteiger partial charge is 0.268 e. The number of nitrogens with zero attached hydrogens (tertiary/aromatic N) is 3. The van der Waals surface area contributed by atoms with Crippen LogP contribution in [-0.2, 0) is 6.54 Å². The Balaban J connectivity index is 2.82. The number of hydrogen-bond acceptors (Lipinski definition) is 6. The van der Waals surface area contributed by atoms with Crippen molar-refractivity contribution in [2.45, 2.75) is 12.6 Å². The number of aromatic nitrogens is 2. The molecule has 0 spiro atoms. The molecule has 0 aromatic carbocycles. The highest BCUT2D eigenvalue weighted by Gasteiger charge is 2.08. The van der Waals surface area contributed by atoms with E-state index in [1.54, 1.807) is 0 Å². The molecule has 0 saturated carbocycles. The molecule has 7 heteroatoms. The lowest BCUT2D eigenvalue weighted by atomic mass is 10.3. The summed E-state index contributed by atoms with van der Waals surface area (Å²) >= 11 is 0. The molecule has 0 fully saturated rings. The molecule has 7 nitrogen and oxygen atoms in total. The second-order valence-corrected chi connectivity index (χ2v) is 3.78. The lowest BCUT2D eigenvalue weighted by Gasteiger charge is -2.18. The SMILES string of the molecule is CN(CCN)c1cnn(CC(O)CO)c(=O)c1. The minimum atomic E-state index is -0.979. The first kappa shape index (κ1) is 13.6. The second kappa shape index (κ2) is 6.33. The van der Waals surface area contributed by atoms with Crippen molar-refractivity contribution in [2.75, 3.05) is 31.6 Å². The topological polar surface area (TPSA) is 105 Å². The van der Waals surface area contributed by atoms with Crippen molar-refractivity contribution in [3.05, 3.63) is 22.6 Å². The predicted molar refractivity (Wildman–Crippen MR) is 63.9 cm³/mol. The Hall–Kier alpha value is -1.44. The molecule has 4 N–H and O–H groups in total. The summed E-state index contributed by atoms with van der Waals surface area (Å²) in [6.45, 7) is 0.701. The standard InChI is InChI=1S/C10H18N4O3/c1-13(3-2-11)8-4-10(17)14(12-5-8)6-9(16)7-15/h4-5,9,15-16H,2-3,6-7,11H2,1H3. The van der Waals surface area contributed by atoms with Crippen LogP contribution >= 0.6 is 0 Å². The molecule has 17 heavy (non-hydrogen) atoms. The van der Waals surface area contributed by atoms with Gasteiger partial charge in [0.1, 0.15) is 0 Å². The van der Waals surface area contributed by atoms with E-state index in [2.05, 4.69) is 5.10 Å². The van der Waals surface area contributed by atoms with Crippen molar-refractivity contribution < 1.29 is 10.2 Å². The Morgan fingerprint density at radius 1 is 1.65 bits per heavy atom. The zero-order valence-corrected chi connectivity index (χ0v) is 9.78. The highest BCUT2D eigenvalue weighted by molar-refractivity contribution is 5.41. The highest BCUT2D eigenvalue weighted by atomic mass is 16.3. The lowest BCUT2D eigenvalue weighted by Crippen LogP contribution is -2.32. The highest BCUT2D eigenvalue weighted by Crippen LogP contribution is 2.05. The molecule has 0 saturated heterocycles. The average molecular weight is 242 g/mol. The zero-order chi connectivity index (χ0) is 12.8. The van der Waals surface area contributed by atoms with Crippen molar-refractivity contribution >= 4 is 5.69 Å². The van der Waals surface area contributed by atoms with Gasteiger partial charge in [-0.25, -0.2) is 4.68 Å². The van der Waals surface area contributed by atoms with E-state index >= 15 is 0 Å². The molecule has 1 aromatic rings. The number of nitrogens with two attached hydrogens (primary N) is 1. The van der Waals surface area contributed by atoms with E-state index in [1.807, 2.05) is 11.9 Å². The molecule has 0 amide bonds. The summed E-state index contributed by atoms with van der Waals surface area (Å²) in [6.07, 6.45) is 0.550. The Morgan fingerprint density at radius 3 is 2.88 bits per heavy atom. The van der Waals surface area contributed by atoms with Crippen molar-refractivity contribution in [3.8, 4) is 0 Å². The van der Waals surface area contributed by atoms with Crippen LogP contribution in [0.15, 0.2) is 17.1 Å². The summed E-state index contributed by atoms with van der Waals surface area (Å²) in [7, 11) is 1.82. The molecule has 1 unspecified atom stereocenters. The molecule has 1 aromatic heterocycles. The maximum absolute atomic E-state index is 11.6. The summed E-state index contributed by atoms with van der Waals surface area (Å²) in [5.74, 6) is 0. The summed E-state index contributed by atoms with van der Waals surface area (Å²) < 4.78 is 1.11. The van der Waals surface area contributed by atoms with E-state index in [0.717, 1.165) is 4.68 Å². The predicted octanol–water partition coefficient (Wildman–Crippen LogP) is -2.01. The zero-order valence-electron chi connectivity index (χ0n) is 9.78. The third-order valence-corrected chi connectivity index (χ3v) is 2.35. The van der Waals surface area contributed by atoms with Crippen LogP contribution in [-0.4, -0.2) is 52.8 Å². The van der Waals surface area contributed by atoms with Crippen molar-refractivity contribution in [1.82, 2.24) is 9.78 Å². The third-order valence-electron chi connectivity index (χ3n) is 2.35. The van der Waals surface area contributed by atoms with E-state index in [9.17, 15) is 9.90 Å². The summed E-state index contributed by atoms with van der Waals surface area (Å²) in [5, 5.41) is 21.8. The van der Waals surface area contributed by atoms with Crippen LogP contribution in [0.3, 0.4) is 0 Å². The van der Waals surface area contributed by atoms with Crippen LogP contribution in [0.5, 0.6) is 0 Å². The molecule has 1 heterocycles. The van der Waals surface area contributed by atoms with Crippen LogP contribution in [0, 0.1) is 0 Å². The van der Waals surface area contributed by atoms with Gasteiger partial charge in [-0.3, -0.25) is 4.79 Å². The molecule has 0 aliphatic rings. The lowest BCUT2D eigenvalue weighted by molar-refractivity contribution is 0.0770. The molecular formula is C10H18N4O3. The molecule has 1 rings (SSSR count). The molecule has 0 bridgehead atoms. The quantitative estimate of drug-likeness (QED) is 0.532. The van der Waals surface area contributed by atoms with E-state index < -0.39 is 12.7 Å². The number of hydrogen-bond donors (Lipinski definition) is 3. The number of rotatable bonds is 6. The van der Waals surface area contributed by atoms with Gasteiger partial charge in [0.25, 0.3) is 5.56 Å². The molecule has 0 aliphatic carbocycles. The second-order valence-electron chi connectivity index (χ2n) is 3.78. The van der Waals surface area contributed by atoms with Gasteiger partial charge in [0.2, 0.25) is 0 Å². The fourth-order valence-electron chi connectivity index (χ4n) is 1.35. The van der Waals surface area contributed by atoms with Gasteiger partial charge >= 0.3 is 0 Å². The molecule has 96 valence electrons. The molecule has 0 aliphatic heterocycles. The maximum atomic E-state index is 11.6. The minimum absolute atomic E-state index is 0.0176. The van der Waals surface area contributed by atoms with Gasteiger partial charge in [0, 0.05) is 26.2 Å². The summed E-state index contributed by atoms with van der Waals surface area (Å²) in [6, 6.07) is 1.42. The molecular weight excluding hydrogens is 224 g/mol. The number of anilines is 1. The van der Waals surface area contributed by atoms with E-state index in [1.165, 1.54) is 12.3 Å². The van der Waals surface area contributed by atoms with E-state index in [-0.39, 0.29) is 12.1 Å². The first-order chi connectivity index (χ1) is 8.08. The van der Waals surface area contributed by atoms with Gasteiger partial charge in [0.15, 0.2) is 0 Å². The van der Waals surface area contributed by atoms with Gasteiger partial charge in [-0.1, -0.05) is 0 Å². The van der Waals surface area contributed by atoms with Crippen LogP contribution < -0.4 is 16.2 Å². The number of aliphatic hydroxyl groups excluding tert-OH is 2. The largest absolute Gasteiger partial charge is 0.394 e. The third kappa shape index (κ3) is 3.81. The monoisotopic (exact) mass is 242 g/mol. The van der Waals surface area contributed by atoms with Crippen LogP contribution in [0.2, 0.25) is 0 Å². The van der Waals surface area contributed by atoms with Gasteiger partial charge < -0.3 is 20.8 Å². The fourth-order valence-corrected chi connectivity index (χ4v) is 1.35. The summed E-state index contributed by atoms with van der Waals surface area (Å²) in [5.41, 5.74) is 5.77. The van der Waals surface area contributed by atoms with Crippen molar-refractivity contribution in [2.24, 2.45) is 5.73 Å². The molecule has 0 radical (unpaired) electrons. The number of aliphatic hydroxyl groups is 2. The fraction of sp³-hybridized carbons (Fsp3) is 0.600. The van der Waals surface area contributed by atoms with Crippen LogP contribution in [0.1, 0.15) is 0 Å².